The maximum atomic E-state index is 12.4. The smallest absolute Gasteiger partial charge is 0.340 e. The Balaban J connectivity index is 2.17. The summed E-state index contributed by atoms with van der Waals surface area (Å²) >= 11 is 6.02. The molecule has 2 aromatic rings. The van der Waals surface area contributed by atoms with Crippen LogP contribution in [0.25, 0.3) is 0 Å². The van der Waals surface area contributed by atoms with E-state index in [-0.39, 0.29) is 16.2 Å². The molecule has 2 rings (SSSR count). The van der Waals surface area contributed by atoms with Crippen LogP contribution in [-0.4, -0.2) is 32.2 Å². The Bertz CT molecular complexity index is 972. The van der Waals surface area contributed by atoms with Gasteiger partial charge in [-0.2, -0.15) is 0 Å². The van der Waals surface area contributed by atoms with Crippen molar-refractivity contribution in [2.24, 2.45) is 0 Å². The molecular weight excluding hydrogens is 390 g/mol. The normalized spacial score (nSPS) is 12.3. The van der Waals surface area contributed by atoms with Gasteiger partial charge in [0.05, 0.1) is 16.2 Å². The zero-order chi connectivity index (χ0) is 20.2. The molecule has 0 aliphatic heterocycles. The third-order valence-corrected chi connectivity index (χ3v) is 6.20. The van der Waals surface area contributed by atoms with Crippen LogP contribution in [-0.2, 0) is 19.4 Å². The Morgan fingerprint density at radius 3 is 2.48 bits per heavy atom. The average molecular weight is 410 g/mol. The SMILES string of the molecule is CCS(=O)(=O)c1ccccc1C(=O)O[C@@H](C)C(=O)Nc1cccc(Cl)c1C. The van der Waals surface area contributed by atoms with E-state index in [1.54, 1.807) is 25.1 Å². The lowest BCUT2D eigenvalue weighted by molar-refractivity contribution is -0.123. The molecule has 0 aromatic heterocycles. The molecule has 0 heterocycles. The van der Waals surface area contributed by atoms with Crippen molar-refractivity contribution < 1.29 is 22.7 Å². The number of anilines is 1. The van der Waals surface area contributed by atoms with Gasteiger partial charge in [0.15, 0.2) is 15.9 Å². The molecule has 8 heteroatoms. The highest BCUT2D eigenvalue weighted by Gasteiger charge is 2.25. The molecule has 0 saturated heterocycles. The predicted octanol–water partition coefficient (Wildman–Crippen LogP) is 3.63. The van der Waals surface area contributed by atoms with Crippen LogP contribution >= 0.6 is 11.6 Å². The van der Waals surface area contributed by atoms with E-state index in [0.29, 0.717) is 16.3 Å². The van der Waals surface area contributed by atoms with Gasteiger partial charge in [0.25, 0.3) is 5.91 Å². The van der Waals surface area contributed by atoms with E-state index in [1.807, 2.05) is 0 Å². The van der Waals surface area contributed by atoms with Crippen LogP contribution in [0.5, 0.6) is 0 Å². The molecule has 0 spiro atoms. The van der Waals surface area contributed by atoms with Gasteiger partial charge in [-0.05, 0) is 43.7 Å². The summed E-state index contributed by atoms with van der Waals surface area (Å²) < 4.78 is 29.5. The van der Waals surface area contributed by atoms with E-state index in [2.05, 4.69) is 5.32 Å². The van der Waals surface area contributed by atoms with Crippen molar-refractivity contribution >= 4 is 39.0 Å². The topological polar surface area (TPSA) is 89.5 Å². The first-order valence-corrected chi connectivity index (χ1v) is 10.3. The van der Waals surface area contributed by atoms with Crippen LogP contribution in [0.2, 0.25) is 5.02 Å². The average Bonchev–Trinajstić information content (AvgIpc) is 2.65. The second kappa shape index (κ2) is 8.54. The molecule has 0 bridgehead atoms. The molecule has 0 unspecified atom stereocenters. The molecule has 1 N–H and O–H groups in total. The first kappa shape index (κ1) is 20.9. The number of nitrogens with one attached hydrogen (secondary N) is 1. The van der Waals surface area contributed by atoms with Crippen LogP contribution < -0.4 is 5.32 Å². The molecule has 0 aliphatic rings. The lowest BCUT2D eigenvalue weighted by atomic mass is 10.2. The molecule has 0 fully saturated rings. The van der Waals surface area contributed by atoms with Gasteiger partial charge in [0.2, 0.25) is 0 Å². The van der Waals surface area contributed by atoms with Crippen LogP contribution in [0.3, 0.4) is 0 Å². The number of esters is 1. The number of carbonyl (C=O) groups is 2. The summed E-state index contributed by atoms with van der Waals surface area (Å²) in [6.45, 7) is 4.64. The molecule has 6 nitrogen and oxygen atoms in total. The molecule has 1 atom stereocenters. The molecule has 2 aromatic carbocycles. The number of ether oxygens (including phenoxy) is 1. The number of rotatable bonds is 6. The predicted molar refractivity (Wildman–Crippen MR) is 104 cm³/mol. The van der Waals surface area contributed by atoms with Gasteiger partial charge in [-0.3, -0.25) is 4.79 Å². The molecular formula is C19H20ClNO5S. The maximum Gasteiger partial charge on any atom is 0.340 e. The van der Waals surface area contributed by atoms with E-state index in [1.165, 1.54) is 38.1 Å². The fourth-order valence-electron chi connectivity index (χ4n) is 2.32. The second-order valence-corrected chi connectivity index (χ2v) is 8.50. The molecule has 144 valence electrons. The Morgan fingerprint density at radius 1 is 1.15 bits per heavy atom. The molecule has 0 radical (unpaired) electrons. The summed E-state index contributed by atoms with van der Waals surface area (Å²) in [7, 11) is -3.60. The lowest BCUT2D eigenvalue weighted by Crippen LogP contribution is -2.30. The first-order chi connectivity index (χ1) is 12.7. The zero-order valence-electron chi connectivity index (χ0n) is 15.2. The highest BCUT2D eigenvalue weighted by molar-refractivity contribution is 7.91. The van der Waals surface area contributed by atoms with Crippen LogP contribution in [0.15, 0.2) is 47.4 Å². The van der Waals surface area contributed by atoms with Gasteiger partial charge < -0.3 is 10.1 Å². The second-order valence-electron chi connectivity index (χ2n) is 5.85. The molecule has 0 saturated carbocycles. The Labute approximate surface area is 163 Å². The number of benzene rings is 2. The van der Waals surface area contributed by atoms with Crippen LogP contribution in [0.1, 0.15) is 29.8 Å². The Hall–Kier alpha value is -2.38. The number of amides is 1. The first-order valence-electron chi connectivity index (χ1n) is 8.26. The third-order valence-electron chi connectivity index (χ3n) is 4.00. The highest BCUT2D eigenvalue weighted by Crippen LogP contribution is 2.23. The Kier molecular flexibility index (Phi) is 6.62. The monoisotopic (exact) mass is 409 g/mol. The summed E-state index contributed by atoms with van der Waals surface area (Å²) in [5, 5.41) is 3.14. The largest absolute Gasteiger partial charge is 0.449 e. The number of sulfone groups is 1. The van der Waals surface area contributed by atoms with E-state index in [4.69, 9.17) is 16.3 Å². The van der Waals surface area contributed by atoms with Crippen molar-refractivity contribution in [3.05, 3.63) is 58.6 Å². The fourth-order valence-corrected chi connectivity index (χ4v) is 3.57. The molecule has 27 heavy (non-hydrogen) atoms. The summed E-state index contributed by atoms with van der Waals surface area (Å²) in [6, 6.07) is 10.8. The highest BCUT2D eigenvalue weighted by atomic mass is 35.5. The van der Waals surface area contributed by atoms with Crippen LogP contribution in [0.4, 0.5) is 5.69 Å². The number of hydrogen-bond acceptors (Lipinski definition) is 5. The quantitative estimate of drug-likeness (QED) is 0.736. The van der Waals surface area contributed by atoms with E-state index < -0.39 is 27.8 Å². The van der Waals surface area contributed by atoms with Crippen molar-refractivity contribution in [3.63, 3.8) is 0 Å². The van der Waals surface area contributed by atoms with Crippen molar-refractivity contribution in [3.8, 4) is 0 Å². The number of halogens is 1. The minimum Gasteiger partial charge on any atom is -0.449 e. The van der Waals surface area contributed by atoms with E-state index in [9.17, 15) is 18.0 Å². The summed E-state index contributed by atoms with van der Waals surface area (Å²) in [5.74, 6) is -1.58. The van der Waals surface area contributed by atoms with Crippen molar-refractivity contribution in [1.29, 1.82) is 0 Å². The van der Waals surface area contributed by atoms with Crippen LogP contribution in [0, 0.1) is 6.92 Å². The molecule has 1 amide bonds. The van der Waals surface area contributed by atoms with Gasteiger partial charge in [0.1, 0.15) is 0 Å². The van der Waals surface area contributed by atoms with E-state index in [0.717, 1.165) is 0 Å². The minimum atomic E-state index is -3.60. The fraction of sp³-hybridized carbons (Fsp3) is 0.263. The summed E-state index contributed by atoms with van der Waals surface area (Å²) in [5.41, 5.74) is 1.09. The lowest BCUT2D eigenvalue weighted by Gasteiger charge is -2.16. The van der Waals surface area contributed by atoms with Crippen molar-refractivity contribution in [1.82, 2.24) is 0 Å². The van der Waals surface area contributed by atoms with Gasteiger partial charge >= 0.3 is 5.97 Å². The van der Waals surface area contributed by atoms with Gasteiger partial charge in [-0.15, -0.1) is 0 Å². The van der Waals surface area contributed by atoms with Gasteiger partial charge in [0, 0.05) is 10.7 Å². The van der Waals surface area contributed by atoms with Gasteiger partial charge in [-0.1, -0.05) is 36.7 Å². The molecule has 0 aliphatic carbocycles. The zero-order valence-corrected chi connectivity index (χ0v) is 16.7. The van der Waals surface area contributed by atoms with Gasteiger partial charge in [-0.25, -0.2) is 13.2 Å². The standard InChI is InChI=1S/C19H20ClNO5S/c1-4-27(24,25)17-11-6-5-8-14(17)19(23)26-13(3)18(22)21-16-10-7-9-15(20)12(16)2/h5-11,13H,4H2,1-3H3,(H,21,22)/t13-/m0/s1. The van der Waals surface area contributed by atoms with Crippen molar-refractivity contribution in [2.45, 2.75) is 31.8 Å². The summed E-state index contributed by atoms with van der Waals surface area (Å²) in [6.07, 6.45) is -1.13. The van der Waals surface area contributed by atoms with Crippen molar-refractivity contribution in [2.75, 3.05) is 11.1 Å². The number of hydrogen-bond donors (Lipinski definition) is 1. The summed E-state index contributed by atoms with van der Waals surface area (Å²) in [4.78, 5) is 24.6. The third kappa shape index (κ3) is 4.87. The minimum absolute atomic E-state index is 0.0991. The Morgan fingerprint density at radius 2 is 1.81 bits per heavy atom. The maximum absolute atomic E-state index is 12.4. The van der Waals surface area contributed by atoms with E-state index >= 15 is 0 Å². The number of carbonyl (C=O) groups excluding carboxylic acids is 2.